The molecule has 0 radical (unpaired) electrons. The van der Waals surface area contributed by atoms with Crippen molar-refractivity contribution in [3.63, 3.8) is 0 Å². The normalized spacial score (nSPS) is 12.4. The van der Waals surface area contributed by atoms with E-state index in [1.807, 2.05) is 13.8 Å². The first kappa shape index (κ1) is 13.3. The summed E-state index contributed by atoms with van der Waals surface area (Å²) >= 11 is 7.85. The molecule has 2 rings (SSSR count). The molecule has 18 heavy (non-hydrogen) atoms. The van der Waals surface area contributed by atoms with Crippen LogP contribution in [0.3, 0.4) is 0 Å². The first-order valence-corrected chi connectivity index (χ1v) is 7.20. The third-order valence-electron chi connectivity index (χ3n) is 2.77. The molecule has 2 heterocycles. The molecule has 0 saturated heterocycles. The zero-order valence-electron chi connectivity index (χ0n) is 10.7. The van der Waals surface area contributed by atoms with Gasteiger partial charge < -0.3 is 5.32 Å². The van der Waals surface area contributed by atoms with Gasteiger partial charge in [-0.2, -0.15) is 0 Å². The number of anilines is 1. The van der Waals surface area contributed by atoms with E-state index in [0.29, 0.717) is 5.15 Å². The van der Waals surface area contributed by atoms with Gasteiger partial charge in [0.25, 0.3) is 0 Å². The number of aryl methyl sites for hydroxylation is 1. The number of hydrogen-bond donors (Lipinski definition) is 1. The van der Waals surface area contributed by atoms with Crippen molar-refractivity contribution in [3.8, 4) is 0 Å². The Kier molecular flexibility index (Phi) is 4.19. The van der Waals surface area contributed by atoms with Crippen LogP contribution in [0.5, 0.6) is 0 Å². The molecular formula is C13H16ClN3S. The SMILES string of the molecule is CCc1nc(Cl)c(C)c(NC(C)c2cccs2)n1. The molecule has 3 nitrogen and oxygen atoms in total. The lowest BCUT2D eigenvalue weighted by Crippen LogP contribution is -2.10. The Morgan fingerprint density at radius 3 is 2.83 bits per heavy atom. The highest BCUT2D eigenvalue weighted by Gasteiger charge is 2.12. The van der Waals surface area contributed by atoms with Gasteiger partial charge in [-0.3, -0.25) is 0 Å². The number of rotatable bonds is 4. The van der Waals surface area contributed by atoms with Crippen LogP contribution >= 0.6 is 22.9 Å². The largest absolute Gasteiger partial charge is 0.362 e. The van der Waals surface area contributed by atoms with Crippen molar-refractivity contribution in [2.45, 2.75) is 33.2 Å². The summed E-state index contributed by atoms with van der Waals surface area (Å²) in [6, 6.07) is 4.38. The Bertz CT molecular complexity index is 525. The first-order chi connectivity index (χ1) is 8.61. The van der Waals surface area contributed by atoms with Crippen molar-refractivity contribution in [3.05, 3.63) is 38.9 Å². The van der Waals surface area contributed by atoms with E-state index in [2.05, 4.69) is 39.7 Å². The van der Waals surface area contributed by atoms with Gasteiger partial charge in [-0.25, -0.2) is 9.97 Å². The predicted octanol–water partition coefficient (Wildman–Crippen LogP) is 4.24. The maximum Gasteiger partial charge on any atom is 0.137 e. The van der Waals surface area contributed by atoms with Crippen molar-refractivity contribution < 1.29 is 0 Å². The van der Waals surface area contributed by atoms with Crippen molar-refractivity contribution >= 4 is 28.8 Å². The molecule has 0 bridgehead atoms. The maximum atomic E-state index is 6.12. The Hall–Kier alpha value is -1.13. The summed E-state index contributed by atoms with van der Waals surface area (Å²) in [6.45, 7) is 6.08. The standard InChI is InChI=1S/C13H16ClN3S/c1-4-11-16-12(14)8(2)13(17-11)15-9(3)10-6-5-7-18-10/h5-7,9H,4H2,1-3H3,(H,15,16,17). The lowest BCUT2D eigenvalue weighted by atomic mass is 10.2. The third-order valence-corrected chi connectivity index (χ3v) is 4.20. The molecule has 0 saturated carbocycles. The maximum absolute atomic E-state index is 6.12. The van der Waals surface area contributed by atoms with Crippen LogP contribution < -0.4 is 5.32 Å². The van der Waals surface area contributed by atoms with Gasteiger partial charge in [-0.15, -0.1) is 11.3 Å². The summed E-state index contributed by atoms with van der Waals surface area (Å²) in [5.41, 5.74) is 0.900. The predicted molar refractivity (Wildman–Crippen MR) is 77.5 cm³/mol. The number of nitrogens with zero attached hydrogens (tertiary/aromatic N) is 2. The molecule has 96 valence electrons. The highest BCUT2D eigenvalue weighted by molar-refractivity contribution is 7.10. The topological polar surface area (TPSA) is 37.8 Å². The molecule has 0 aliphatic rings. The van der Waals surface area contributed by atoms with Gasteiger partial charge in [-0.05, 0) is 25.3 Å². The molecule has 0 aromatic carbocycles. The molecule has 0 aliphatic heterocycles. The van der Waals surface area contributed by atoms with Crippen LogP contribution in [0, 0.1) is 6.92 Å². The molecular weight excluding hydrogens is 266 g/mol. The zero-order chi connectivity index (χ0) is 13.1. The van der Waals surface area contributed by atoms with Crippen molar-refractivity contribution in [2.24, 2.45) is 0 Å². The molecule has 0 aliphatic carbocycles. The number of nitrogens with one attached hydrogen (secondary N) is 1. The van der Waals surface area contributed by atoms with Crippen LogP contribution in [-0.2, 0) is 6.42 Å². The van der Waals surface area contributed by atoms with Crippen molar-refractivity contribution in [1.82, 2.24) is 9.97 Å². The fraction of sp³-hybridized carbons (Fsp3) is 0.385. The Morgan fingerprint density at radius 1 is 1.44 bits per heavy atom. The number of thiophene rings is 1. The first-order valence-electron chi connectivity index (χ1n) is 5.94. The van der Waals surface area contributed by atoms with Crippen molar-refractivity contribution in [1.29, 1.82) is 0 Å². The fourth-order valence-electron chi connectivity index (χ4n) is 1.65. The van der Waals surface area contributed by atoms with Crippen LogP contribution in [0.1, 0.15) is 36.2 Å². The molecule has 1 N–H and O–H groups in total. The van der Waals surface area contributed by atoms with Gasteiger partial charge in [0.05, 0.1) is 6.04 Å². The molecule has 2 aromatic rings. The summed E-state index contributed by atoms with van der Waals surface area (Å²) < 4.78 is 0. The average molecular weight is 282 g/mol. The van der Waals surface area contributed by atoms with E-state index >= 15 is 0 Å². The van der Waals surface area contributed by atoms with Crippen LogP contribution in [0.4, 0.5) is 5.82 Å². The molecule has 0 spiro atoms. The van der Waals surface area contributed by atoms with E-state index in [1.165, 1.54) is 4.88 Å². The zero-order valence-corrected chi connectivity index (χ0v) is 12.3. The highest BCUT2D eigenvalue weighted by atomic mass is 35.5. The van der Waals surface area contributed by atoms with E-state index in [0.717, 1.165) is 23.6 Å². The van der Waals surface area contributed by atoms with Crippen LogP contribution in [0.2, 0.25) is 5.15 Å². The Morgan fingerprint density at radius 2 is 2.22 bits per heavy atom. The number of halogens is 1. The molecule has 0 fully saturated rings. The third kappa shape index (κ3) is 2.82. The smallest absolute Gasteiger partial charge is 0.137 e. The second-order valence-corrected chi connectivity index (χ2v) is 5.48. The quantitative estimate of drug-likeness (QED) is 0.852. The van der Waals surface area contributed by atoms with E-state index in [1.54, 1.807) is 11.3 Å². The molecule has 2 aromatic heterocycles. The minimum Gasteiger partial charge on any atom is -0.362 e. The molecule has 5 heteroatoms. The van der Waals surface area contributed by atoms with Crippen molar-refractivity contribution in [2.75, 3.05) is 5.32 Å². The molecule has 0 amide bonds. The summed E-state index contributed by atoms with van der Waals surface area (Å²) in [5, 5.41) is 6.01. The summed E-state index contributed by atoms with van der Waals surface area (Å²) in [5.74, 6) is 1.60. The van der Waals surface area contributed by atoms with Gasteiger partial charge in [-0.1, -0.05) is 24.6 Å². The second kappa shape index (κ2) is 5.67. The van der Waals surface area contributed by atoms with Crippen LogP contribution in [0.15, 0.2) is 17.5 Å². The Balaban J connectivity index is 2.25. The van der Waals surface area contributed by atoms with E-state index in [9.17, 15) is 0 Å². The van der Waals surface area contributed by atoms with Crippen LogP contribution in [-0.4, -0.2) is 9.97 Å². The van der Waals surface area contributed by atoms with E-state index < -0.39 is 0 Å². The summed E-state index contributed by atoms with van der Waals surface area (Å²) in [7, 11) is 0. The monoisotopic (exact) mass is 281 g/mol. The number of aromatic nitrogens is 2. The van der Waals surface area contributed by atoms with Gasteiger partial charge in [0.15, 0.2) is 0 Å². The van der Waals surface area contributed by atoms with Gasteiger partial charge >= 0.3 is 0 Å². The van der Waals surface area contributed by atoms with Crippen LogP contribution in [0.25, 0.3) is 0 Å². The summed E-state index contributed by atoms with van der Waals surface area (Å²) in [4.78, 5) is 10.0. The van der Waals surface area contributed by atoms with E-state index in [4.69, 9.17) is 11.6 Å². The minimum absolute atomic E-state index is 0.222. The number of hydrogen-bond acceptors (Lipinski definition) is 4. The average Bonchev–Trinajstić information content (AvgIpc) is 2.88. The lowest BCUT2D eigenvalue weighted by molar-refractivity contribution is 0.865. The lowest BCUT2D eigenvalue weighted by Gasteiger charge is -2.16. The van der Waals surface area contributed by atoms with Gasteiger partial charge in [0, 0.05) is 16.9 Å². The Labute approximate surface area is 116 Å². The second-order valence-electron chi connectivity index (χ2n) is 4.14. The van der Waals surface area contributed by atoms with E-state index in [-0.39, 0.29) is 6.04 Å². The van der Waals surface area contributed by atoms with Gasteiger partial charge in [0.2, 0.25) is 0 Å². The fourth-order valence-corrected chi connectivity index (χ4v) is 2.57. The molecule has 1 atom stereocenters. The summed E-state index contributed by atoms with van der Waals surface area (Å²) in [6.07, 6.45) is 0.780. The molecule has 1 unspecified atom stereocenters. The highest BCUT2D eigenvalue weighted by Crippen LogP contribution is 2.26. The minimum atomic E-state index is 0.222. The van der Waals surface area contributed by atoms with Gasteiger partial charge in [0.1, 0.15) is 16.8 Å².